The van der Waals surface area contributed by atoms with Crippen LogP contribution in [0.15, 0.2) is 48.8 Å². The first-order valence-electron chi connectivity index (χ1n) is 13.2. The molecular weight excluding hydrogens is 496 g/mol. The van der Waals surface area contributed by atoms with Gasteiger partial charge in [-0.1, -0.05) is 0 Å². The summed E-state index contributed by atoms with van der Waals surface area (Å²) in [6.07, 6.45) is 2.89. The van der Waals surface area contributed by atoms with Gasteiger partial charge in [-0.05, 0) is 42.5 Å². The van der Waals surface area contributed by atoms with Gasteiger partial charge in [0.25, 0.3) is 0 Å². The second-order valence-corrected chi connectivity index (χ2v) is 9.97. The third-order valence-corrected chi connectivity index (χ3v) is 7.49. The summed E-state index contributed by atoms with van der Waals surface area (Å²) >= 11 is 0. The van der Waals surface area contributed by atoms with Crippen molar-refractivity contribution in [2.75, 3.05) is 62.7 Å². The normalized spacial score (nSPS) is 19.8. The highest BCUT2D eigenvalue weighted by molar-refractivity contribution is 5.64. The zero-order chi connectivity index (χ0) is 26.6. The minimum atomic E-state index is -0.125. The number of benzene rings is 2. The Kier molecular flexibility index (Phi) is 7.21. The smallest absolute Gasteiger partial charge is 0.230 e. The lowest BCUT2D eigenvalue weighted by Gasteiger charge is -2.43. The van der Waals surface area contributed by atoms with E-state index in [0.717, 1.165) is 57.9 Å². The third kappa shape index (κ3) is 5.62. The van der Waals surface area contributed by atoms with Crippen LogP contribution in [-0.2, 0) is 9.53 Å². The molecule has 3 aliphatic heterocycles. The first-order valence-corrected chi connectivity index (χ1v) is 13.2. The maximum atomic E-state index is 11.0. The van der Waals surface area contributed by atoms with Crippen LogP contribution in [-0.4, -0.2) is 95.8 Å². The number of likely N-dealkylation sites (tertiary alicyclic amines) is 1. The molecule has 0 aliphatic carbocycles. The van der Waals surface area contributed by atoms with E-state index >= 15 is 0 Å². The predicted molar refractivity (Wildman–Crippen MR) is 145 cm³/mol. The standard InChI is InChI=1S/C28H30N8O3/c29-14-21-13-20(1-6-26(21)39-25-7-8-34(15-25)19-37)27-30-18-31-28(33-27)32-22-2-4-23(5-3-22)35-9-11-36(12-10-35)24-16-38-17-24/h1-6,13,18-19,24-25H,7-12,15-17H2,(H,30,31,32,33). The lowest BCUT2D eigenvalue weighted by Crippen LogP contribution is -2.56. The number of nitrogens with zero attached hydrogens (tertiary/aromatic N) is 7. The van der Waals surface area contributed by atoms with Crippen LogP contribution >= 0.6 is 0 Å². The molecule has 11 heteroatoms. The Labute approximate surface area is 227 Å². The van der Waals surface area contributed by atoms with Gasteiger partial charge < -0.3 is 24.6 Å². The fourth-order valence-corrected chi connectivity index (χ4v) is 5.14. The van der Waals surface area contributed by atoms with Crippen molar-refractivity contribution in [3.8, 4) is 23.2 Å². The van der Waals surface area contributed by atoms with Gasteiger partial charge in [0.1, 0.15) is 24.3 Å². The largest absolute Gasteiger partial charge is 0.487 e. The molecule has 1 amide bonds. The second kappa shape index (κ2) is 11.2. The molecule has 1 unspecified atom stereocenters. The second-order valence-electron chi connectivity index (χ2n) is 9.97. The van der Waals surface area contributed by atoms with E-state index in [4.69, 9.17) is 9.47 Å². The van der Waals surface area contributed by atoms with Gasteiger partial charge in [-0.3, -0.25) is 9.69 Å². The number of carbonyl (C=O) groups is 1. The van der Waals surface area contributed by atoms with Crippen molar-refractivity contribution in [1.29, 1.82) is 5.26 Å². The van der Waals surface area contributed by atoms with E-state index in [9.17, 15) is 10.1 Å². The Bertz CT molecular complexity index is 1350. The van der Waals surface area contributed by atoms with Crippen molar-refractivity contribution in [1.82, 2.24) is 24.8 Å². The maximum absolute atomic E-state index is 11.0. The van der Waals surface area contributed by atoms with E-state index in [0.29, 0.717) is 47.8 Å². The summed E-state index contributed by atoms with van der Waals surface area (Å²) in [6, 6.07) is 16.4. The number of hydrogen-bond acceptors (Lipinski definition) is 10. The molecule has 2 aromatic carbocycles. The molecular formula is C28H30N8O3. The number of ether oxygens (including phenoxy) is 2. The van der Waals surface area contributed by atoms with Crippen molar-refractivity contribution in [3.05, 3.63) is 54.4 Å². The Morgan fingerprint density at radius 2 is 1.87 bits per heavy atom. The number of aromatic nitrogens is 3. The van der Waals surface area contributed by atoms with Crippen LogP contribution in [0.2, 0.25) is 0 Å². The van der Waals surface area contributed by atoms with Crippen molar-refractivity contribution in [3.63, 3.8) is 0 Å². The molecule has 1 N–H and O–H groups in total. The van der Waals surface area contributed by atoms with Gasteiger partial charge in [0.05, 0.1) is 31.4 Å². The Balaban J connectivity index is 1.09. The molecule has 0 spiro atoms. The number of nitrogens with one attached hydrogen (secondary N) is 1. The molecule has 3 fully saturated rings. The molecule has 0 radical (unpaired) electrons. The molecule has 1 aromatic heterocycles. The highest BCUT2D eigenvalue weighted by atomic mass is 16.5. The van der Waals surface area contributed by atoms with Crippen molar-refractivity contribution < 1.29 is 14.3 Å². The summed E-state index contributed by atoms with van der Waals surface area (Å²) in [6.45, 7) is 7.03. The maximum Gasteiger partial charge on any atom is 0.230 e. The lowest BCUT2D eigenvalue weighted by molar-refractivity contribution is -0.117. The molecule has 6 rings (SSSR count). The number of piperazine rings is 1. The molecule has 0 saturated carbocycles. The summed E-state index contributed by atoms with van der Waals surface area (Å²) < 4.78 is 11.3. The molecule has 11 nitrogen and oxygen atoms in total. The van der Waals surface area contributed by atoms with Gasteiger partial charge in [-0.15, -0.1) is 0 Å². The topological polar surface area (TPSA) is 120 Å². The number of amides is 1. The molecule has 3 aliphatic rings. The van der Waals surface area contributed by atoms with Crippen molar-refractivity contribution in [2.24, 2.45) is 0 Å². The van der Waals surface area contributed by atoms with Gasteiger partial charge in [0, 0.05) is 56.1 Å². The highest BCUT2D eigenvalue weighted by Crippen LogP contribution is 2.28. The minimum absolute atomic E-state index is 0.125. The molecule has 200 valence electrons. The number of carbonyl (C=O) groups excluding carboxylic acids is 1. The monoisotopic (exact) mass is 526 g/mol. The Hall–Kier alpha value is -4.27. The zero-order valence-corrected chi connectivity index (χ0v) is 21.6. The summed E-state index contributed by atoms with van der Waals surface area (Å²) in [5.41, 5.74) is 3.16. The van der Waals surface area contributed by atoms with Crippen LogP contribution in [0.3, 0.4) is 0 Å². The van der Waals surface area contributed by atoms with E-state index in [-0.39, 0.29) is 6.10 Å². The van der Waals surface area contributed by atoms with Gasteiger partial charge in [-0.25, -0.2) is 9.97 Å². The minimum Gasteiger partial charge on any atom is -0.487 e. The van der Waals surface area contributed by atoms with Gasteiger partial charge >= 0.3 is 0 Å². The zero-order valence-electron chi connectivity index (χ0n) is 21.6. The lowest BCUT2D eigenvalue weighted by atomic mass is 10.1. The number of nitriles is 1. The SMILES string of the molecule is N#Cc1cc(-c2ncnc(Nc3ccc(N4CCN(C5COC5)CC4)cc3)n2)ccc1OC1CCN(C=O)C1. The summed E-state index contributed by atoms with van der Waals surface area (Å²) in [4.78, 5) is 30.7. The first-order chi connectivity index (χ1) is 19.2. The molecule has 4 heterocycles. The third-order valence-electron chi connectivity index (χ3n) is 7.49. The van der Waals surface area contributed by atoms with E-state index in [1.807, 2.05) is 18.2 Å². The molecule has 39 heavy (non-hydrogen) atoms. The summed E-state index contributed by atoms with van der Waals surface area (Å²) in [5.74, 6) is 1.36. The number of rotatable bonds is 8. The quantitative estimate of drug-likeness (QED) is 0.438. The van der Waals surface area contributed by atoms with E-state index in [2.05, 4.69) is 48.3 Å². The summed E-state index contributed by atoms with van der Waals surface area (Å²) in [7, 11) is 0. The van der Waals surface area contributed by atoms with Gasteiger partial charge in [0.15, 0.2) is 5.82 Å². The predicted octanol–water partition coefficient (Wildman–Crippen LogP) is 2.28. The Morgan fingerprint density at radius 1 is 1.05 bits per heavy atom. The van der Waals surface area contributed by atoms with Crippen LogP contribution in [0, 0.1) is 11.3 Å². The van der Waals surface area contributed by atoms with Crippen LogP contribution in [0.5, 0.6) is 5.75 Å². The van der Waals surface area contributed by atoms with Crippen molar-refractivity contribution in [2.45, 2.75) is 18.6 Å². The number of anilines is 3. The van der Waals surface area contributed by atoms with E-state index < -0.39 is 0 Å². The van der Waals surface area contributed by atoms with E-state index in [1.165, 1.54) is 12.0 Å². The van der Waals surface area contributed by atoms with Crippen LogP contribution in [0.1, 0.15) is 12.0 Å². The van der Waals surface area contributed by atoms with Crippen LogP contribution in [0.4, 0.5) is 17.3 Å². The molecule has 0 bridgehead atoms. The van der Waals surface area contributed by atoms with Gasteiger partial charge in [-0.2, -0.15) is 10.2 Å². The highest BCUT2D eigenvalue weighted by Gasteiger charge is 2.29. The van der Waals surface area contributed by atoms with Crippen molar-refractivity contribution >= 4 is 23.7 Å². The molecule has 3 aromatic rings. The fourth-order valence-electron chi connectivity index (χ4n) is 5.14. The number of hydrogen-bond donors (Lipinski definition) is 1. The summed E-state index contributed by atoms with van der Waals surface area (Å²) in [5, 5.41) is 13.0. The fraction of sp³-hybridized carbons (Fsp3) is 0.393. The van der Waals surface area contributed by atoms with E-state index in [1.54, 1.807) is 17.0 Å². The van der Waals surface area contributed by atoms with Crippen LogP contribution < -0.4 is 15.0 Å². The average molecular weight is 527 g/mol. The first kappa shape index (κ1) is 25.0. The van der Waals surface area contributed by atoms with Gasteiger partial charge in [0.2, 0.25) is 12.4 Å². The molecule has 3 saturated heterocycles. The molecule has 1 atom stereocenters. The average Bonchev–Trinajstić information content (AvgIpc) is 3.41. The Morgan fingerprint density at radius 3 is 2.56 bits per heavy atom. The van der Waals surface area contributed by atoms with Crippen LogP contribution in [0.25, 0.3) is 11.4 Å².